The number of epoxide rings is 1. The molecule has 1 radical (unpaired) electrons. The SMILES string of the molecule is [CH]1OC1c1ccccc1. The highest BCUT2D eigenvalue weighted by Gasteiger charge is 2.24. The second-order valence-corrected chi connectivity index (χ2v) is 2.10. The molecule has 1 aromatic carbocycles. The van der Waals surface area contributed by atoms with E-state index < -0.39 is 0 Å². The molecule has 1 heterocycles. The first-order valence-electron chi connectivity index (χ1n) is 3.00. The van der Waals surface area contributed by atoms with Crippen molar-refractivity contribution in [2.45, 2.75) is 6.10 Å². The van der Waals surface area contributed by atoms with Gasteiger partial charge in [-0.25, -0.2) is 0 Å². The lowest BCUT2D eigenvalue weighted by molar-refractivity contribution is 0.434. The van der Waals surface area contributed by atoms with Gasteiger partial charge in [0.1, 0.15) is 12.7 Å². The van der Waals surface area contributed by atoms with Gasteiger partial charge in [0, 0.05) is 0 Å². The smallest absolute Gasteiger partial charge is 0.118 e. The van der Waals surface area contributed by atoms with E-state index in [9.17, 15) is 0 Å². The van der Waals surface area contributed by atoms with Crippen molar-refractivity contribution in [3.63, 3.8) is 0 Å². The van der Waals surface area contributed by atoms with Gasteiger partial charge in [-0.05, 0) is 5.56 Å². The molecule has 1 nitrogen and oxygen atoms in total. The standard InChI is InChI=1S/C8H7O/c1-2-4-7(5-3-1)8-6-9-8/h1-6,8H. The quantitative estimate of drug-likeness (QED) is 0.514. The molecule has 1 heteroatoms. The third-order valence-electron chi connectivity index (χ3n) is 1.40. The van der Waals surface area contributed by atoms with E-state index in [4.69, 9.17) is 4.74 Å². The second-order valence-electron chi connectivity index (χ2n) is 2.10. The topological polar surface area (TPSA) is 12.5 Å². The third kappa shape index (κ3) is 0.958. The van der Waals surface area contributed by atoms with Crippen LogP contribution in [0, 0.1) is 6.61 Å². The highest BCUT2D eigenvalue weighted by atomic mass is 16.6. The first kappa shape index (κ1) is 5.00. The van der Waals surface area contributed by atoms with Crippen LogP contribution >= 0.6 is 0 Å². The Morgan fingerprint density at radius 3 is 2.33 bits per heavy atom. The molecule has 1 saturated heterocycles. The summed E-state index contributed by atoms with van der Waals surface area (Å²) in [5.74, 6) is 0. The van der Waals surface area contributed by atoms with Gasteiger partial charge >= 0.3 is 0 Å². The van der Waals surface area contributed by atoms with Crippen LogP contribution in [0.4, 0.5) is 0 Å². The second kappa shape index (κ2) is 1.85. The molecule has 0 saturated carbocycles. The van der Waals surface area contributed by atoms with E-state index in [2.05, 4.69) is 12.1 Å². The predicted molar refractivity (Wildman–Crippen MR) is 34.6 cm³/mol. The van der Waals surface area contributed by atoms with E-state index >= 15 is 0 Å². The number of rotatable bonds is 1. The lowest BCUT2D eigenvalue weighted by Gasteiger charge is -1.89. The highest BCUT2D eigenvalue weighted by molar-refractivity contribution is 5.22. The van der Waals surface area contributed by atoms with E-state index in [1.807, 2.05) is 24.8 Å². The number of benzene rings is 1. The van der Waals surface area contributed by atoms with Gasteiger partial charge in [0.25, 0.3) is 0 Å². The zero-order valence-corrected chi connectivity index (χ0v) is 4.95. The molecule has 0 spiro atoms. The highest BCUT2D eigenvalue weighted by Crippen LogP contribution is 2.33. The number of hydrogen-bond donors (Lipinski definition) is 0. The van der Waals surface area contributed by atoms with Crippen molar-refractivity contribution in [2.24, 2.45) is 0 Å². The fourth-order valence-electron chi connectivity index (χ4n) is 0.839. The van der Waals surface area contributed by atoms with Gasteiger partial charge < -0.3 is 4.74 Å². The summed E-state index contributed by atoms with van der Waals surface area (Å²) in [4.78, 5) is 0. The van der Waals surface area contributed by atoms with Crippen molar-refractivity contribution >= 4 is 0 Å². The average molecular weight is 119 g/mol. The molecule has 0 bridgehead atoms. The van der Waals surface area contributed by atoms with Crippen molar-refractivity contribution in [1.29, 1.82) is 0 Å². The zero-order chi connectivity index (χ0) is 6.10. The van der Waals surface area contributed by atoms with Crippen LogP contribution < -0.4 is 0 Å². The van der Waals surface area contributed by atoms with Gasteiger partial charge in [-0.1, -0.05) is 30.3 Å². The largest absolute Gasteiger partial charge is 0.362 e. The average Bonchev–Trinajstić information content (AvgIpc) is 2.71. The first-order valence-corrected chi connectivity index (χ1v) is 3.00. The van der Waals surface area contributed by atoms with Crippen molar-refractivity contribution in [3.8, 4) is 0 Å². The molecule has 0 amide bonds. The minimum Gasteiger partial charge on any atom is -0.362 e. The lowest BCUT2D eigenvalue weighted by atomic mass is 10.2. The molecule has 1 aliphatic heterocycles. The van der Waals surface area contributed by atoms with Crippen LogP contribution in [0.2, 0.25) is 0 Å². The van der Waals surface area contributed by atoms with Crippen LogP contribution in [-0.2, 0) is 4.74 Å². The van der Waals surface area contributed by atoms with Crippen molar-refractivity contribution in [1.82, 2.24) is 0 Å². The molecule has 2 rings (SSSR count). The lowest BCUT2D eigenvalue weighted by Crippen LogP contribution is -1.74. The Bertz CT molecular complexity index is 189. The van der Waals surface area contributed by atoms with E-state index in [1.54, 1.807) is 0 Å². The summed E-state index contributed by atoms with van der Waals surface area (Å²) >= 11 is 0. The summed E-state index contributed by atoms with van der Waals surface area (Å²) in [6, 6.07) is 10.2. The monoisotopic (exact) mass is 119 g/mol. The van der Waals surface area contributed by atoms with E-state index in [0.717, 1.165) is 0 Å². The Balaban J connectivity index is 2.29. The Labute approximate surface area is 54.3 Å². The maximum absolute atomic E-state index is 4.97. The first-order chi connectivity index (χ1) is 4.47. The number of ether oxygens (including phenoxy) is 1. The van der Waals surface area contributed by atoms with Crippen molar-refractivity contribution in [3.05, 3.63) is 42.5 Å². The van der Waals surface area contributed by atoms with Crippen LogP contribution in [0.25, 0.3) is 0 Å². The molecule has 0 aromatic heterocycles. The molecule has 0 aliphatic carbocycles. The molecule has 1 unspecified atom stereocenters. The Kier molecular flexibility index (Phi) is 1.03. The van der Waals surface area contributed by atoms with Crippen LogP contribution in [-0.4, -0.2) is 0 Å². The molecule has 1 fully saturated rings. The predicted octanol–water partition coefficient (Wildman–Crippen LogP) is 1.92. The Hall–Kier alpha value is -0.820. The summed E-state index contributed by atoms with van der Waals surface area (Å²) in [5, 5.41) is 0. The van der Waals surface area contributed by atoms with Crippen LogP contribution in [0.1, 0.15) is 11.7 Å². The number of hydrogen-bond acceptors (Lipinski definition) is 1. The Morgan fingerprint density at radius 1 is 1.11 bits per heavy atom. The summed E-state index contributed by atoms with van der Waals surface area (Å²) in [7, 11) is 0. The van der Waals surface area contributed by atoms with Gasteiger partial charge in [-0.2, -0.15) is 0 Å². The molecule has 0 N–H and O–H groups in total. The van der Waals surface area contributed by atoms with Crippen LogP contribution in [0.15, 0.2) is 30.3 Å². The van der Waals surface area contributed by atoms with Crippen molar-refractivity contribution in [2.75, 3.05) is 0 Å². The van der Waals surface area contributed by atoms with Gasteiger partial charge in [0.15, 0.2) is 0 Å². The van der Waals surface area contributed by atoms with Gasteiger partial charge in [-0.15, -0.1) is 0 Å². The molecule has 1 atom stereocenters. The minimum absolute atomic E-state index is 0.284. The Morgan fingerprint density at radius 2 is 1.78 bits per heavy atom. The molecule has 1 aromatic rings. The molecular formula is C8H7O. The maximum Gasteiger partial charge on any atom is 0.118 e. The van der Waals surface area contributed by atoms with Gasteiger partial charge in [0.2, 0.25) is 0 Å². The zero-order valence-electron chi connectivity index (χ0n) is 4.95. The summed E-state index contributed by atoms with van der Waals surface area (Å²) in [6.45, 7) is 1.83. The van der Waals surface area contributed by atoms with Crippen molar-refractivity contribution < 1.29 is 4.74 Å². The summed E-state index contributed by atoms with van der Waals surface area (Å²) < 4.78 is 4.97. The molecule has 1 aliphatic rings. The fourth-order valence-corrected chi connectivity index (χ4v) is 0.839. The van der Waals surface area contributed by atoms with Crippen LogP contribution in [0.5, 0.6) is 0 Å². The molecular weight excluding hydrogens is 112 g/mol. The summed E-state index contributed by atoms with van der Waals surface area (Å²) in [5.41, 5.74) is 1.25. The molecule has 9 heavy (non-hydrogen) atoms. The van der Waals surface area contributed by atoms with Gasteiger partial charge in [0.05, 0.1) is 0 Å². The fraction of sp³-hybridized carbons (Fsp3) is 0.125. The minimum atomic E-state index is 0.284. The third-order valence-corrected chi connectivity index (χ3v) is 1.40. The maximum atomic E-state index is 4.97. The van der Waals surface area contributed by atoms with E-state index in [1.165, 1.54) is 5.56 Å². The van der Waals surface area contributed by atoms with E-state index in [-0.39, 0.29) is 6.10 Å². The molecule has 45 valence electrons. The summed E-state index contributed by atoms with van der Waals surface area (Å²) in [6.07, 6.45) is 0.284. The van der Waals surface area contributed by atoms with E-state index in [0.29, 0.717) is 0 Å². The normalized spacial score (nSPS) is 23.8. The van der Waals surface area contributed by atoms with Crippen LogP contribution in [0.3, 0.4) is 0 Å². The van der Waals surface area contributed by atoms with Gasteiger partial charge in [-0.3, -0.25) is 0 Å².